The average Bonchev–Trinajstić information content (AvgIpc) is 2.89. The van der Waals surface area contributed by atoms with Crippen molar-refractivity contribution in [3.8, 4) is 16.9 Å². The number of nitrogens with zero attached hydrogens (tertiary/aromatic N) is 3. The summed E-state index contributed by atoms with van der Waals surface area (Å²) < 4.78 is 8.75. The van der Waals surface area contributed by atoms with Gasteiger partial charge in [-0.25, -0.2) is 0 Å². The SMILES string of the molecule is COc1cccc(C(=O)C[n+]2ccc(-c3cc[n+](CC(=O)c4ccc([N+](=O)[O-])cc4)cc3)cc2)c1. The number of ketones is 2. The maximum absolute atomic E-state index is 12.6. The number of hydrogen-bond acceptors (Lipinski definition) is 5. The van der Waals surface area contributed by atoms with Crippen LogP contribution in [0.5, 0.6) is 5.75 Å². The van der Waals surface area contributed by atoms with E-state index in [1.807, 2.05) is 53.6 Å². The molecule has 8 heteroatoms. The molecule has 0 saturated carbocycles. The van der Waals surface area contributed by atoms with Crippen molar-refractivity contribution in [2.24, 2.45) is 0 Å². The van der Waals surface area contributed by atoms with Gasteiger partial charge in [0.15, 0.2) is 24.8 Å². The van der Waals surface area contributed by atoms with Crippen LogP contribution in [0.4, 0.5) is 5.69 Å². The summed E-state index contributed by atoms with van der Waals surface area (Å²) in [5, 5.41) is 10.8. The van der Waals surface area contributed by atoms with Gasteiger partial charge in [0.05, 0.1) is 12.0 Å². The number of ether oxygens (including phenoxy) is 1. The molecule has 4 aromatic rings. The lowest BCUT2D eigenvalue weighted by atomic mass is 10.1. The quantitative estimate of drug-likeness (QED) is 0.162. The molecule has 0 saturated heterocycles. The van der Waals surface area contributed by atoms with Gasteiger partial charge >= 0.3 is 0 Å². The molecule has 8 nitrogen and oxygen atoms in total. The number of nitro benzene ring substituents is 1. The zero-order chi connectivity index (χ0) is 24.8. The molecular weight excluding hydrogens is 446 g/mol. The Morgan fingerprint density at radius 2 is 1.29 bits per heavy atom. The van der Waals surface area contributed by atoms with Crippen LogP contribution in [-0.2, 0) is 13.1 Å². The van der Waals surface area contributed by atoms with Gasteiger partial charge in [-0.2, -0.15) is 9.13 Å². The van der Waals surface area contributed by atoms with Gasteiger partial charge in [-0.1, -0.05) is 12.1 Å². The minimum Gasteiger partial charge on any atom is -0.497 e. The minimum atomic E-state index is -0.495. The number of Topliss-reactive ketones (excluding diaryl/α,β-unsaturated/α-hetero) is 2. The molecule has 4 rings (SSSR count). The second-order valence-corrected chi connectivity index (χ2v) is 7.90. The number of rotatable bonds is 9. The van der Waals surface area contributed by atoms with Gasteiger partial charge < -0.3 is 4.74 Å². The first kappa shape index (κ1) is 23.4. The van der Waals surface area contributed by atoms with E-state index in [0.29, 0.717) is 16.9 Å². The Kier molecular flexibility index (Phi) is 7.02. The summed E-state index contributed by atoms with van der Waals surface area (Å²) in [6.07, 6.45) is 7.33. The fourth-order valence-corrected chi connectivity index (χ4v) is 3.59. The van der Waals surface area contributed by atoms with Crippen molar-refractivity contribution in [1.82, 2.24) is 0 Å². The van der Waals surface area contributed by atoms with Gasteiger partial charge in [-0.05, 0) is 35.4 Å². The van der Waals surface area contributed by atoms with Crippen molar-refractivity contribution in [1.29, 1.82) is 0 Å². The molecular formula is C27H23N3O5+2. The summed E-state index contributed by atoms with van der Waals surface area (Å²) in [7, 11) is 1.57. The molecule has 174 valence electrons. The molecule has 0 bridgehead atoms. The molecule has 0 N–H and O–H groups in total. The second kappa shape index (κ2) is 10.5. The number of non-ortho nitro benzene ring substituents is 1. The third-order valence-electron chi connectivity index (χ3n) is 5.56. The Bertz CT molecular complexity index is 1370. The van der Waals surface area contributed by atoms with Gasteiger partial charge in [0.2, 0.25) is 24.7 Å². The Hall–Kier alpha value is -4.72. The monoisotopic (exact) mass is 469 g/mol. The predicted molar refractivity (Wildman–Crippen MR) is 127 cm³/mol. The number of aromatic nitrogens is 2. The van der Waals surface area contributed by atoms with E-state index in [0.717, 1.165) is 11.1 Å². The number of nitro groups is 1. The smallest absolute Gasteiger partial charge is 0.269 e. The zero-order valence-electron chi connectivity index (χ0n) is 19.0. The number of hydrogen-bond donors (Lipinski definition) is 0. The van der Waals surface area contributed by atoms with Crippen LogP contribution in [0.3, 0.4) is 0 Å². The van der Waals surface area contributed by atoms with Crippen LogP contribution in [-0.4, -0.2) is 23.6 Å². The van der Waals surface area contributed by atoms with Crippen molar-refractivity contribution >= 4 is 17.3 Å². The zero-order valence-corrected chi connectivity index (χ0v) is 19.0. The standard InChI is InChI=1S/C27H23N3O5/c1-35-25-4-2-3-23(17-25)27(32)19-29-15-11-21(12-16-29)20-9-13-28(14-10-20)18-26(31)22-5-7-24(8-6-22)30(33)34/h2-17H,18-19H2,1H3/q+2. The molecule has 0 spiro atoms. The van der Waals surface area contributed by atoms with E-state index in [1.54, 1.807) is 35.9 Å². The van der Waals surface area contributed by atoms with Gasteiger partial charge in [0.1, 0.15) is 5.75 Å². The molecule has 2 aromatic carbocycles. The highest BCUT2D eigenvalue weighted by Gasteiger charge is 2.15. The van der Waals surface area contributed by atoms with Crippen LogP contribution in [0.15, 0.2) is 97.6 Å². The topological polar surface area (TPSA) is 94.3 Å². The average molecular weight is 469 g/mol. The van der Waals surface area contributed by atoms with Crippen LogP contribution in [0.25, 0.3) is 11.1 Å². The summed E-state index contributed by atoms with van der Waals surface area (Å²) in [6.45, 7) is 0.340. The number of carbonyl (C=O) groups excluding carboxylic acids is 2. The molecule has 35 heavy (non-hydrogen) atoms. The number of methoxy groups -OCH3 is 1. The van der Waals surface area contributed by atoms with E-state index >= 15 is 0 Å². The largest absolute Gasteiger partial charge is 0.497 e. The third-order valence-corrected chi connectivity index (χ3v) is 5.56. The first-order valence-corrected chi connectivity index (χ1v) is 10.9. The normalized spacial score (nSPS) is 10.5. The Labute approximate surface area is 201 Å². The van der Waals surface area contributed by atoms with E-state index in [9.17, 15) is 19.7 Å². The van der Waals surface area contributed by atoms with E-state index in [4.69, 9.17) is 4.74 Å². The molecule has 0 unspecified atom stereocenters. The van der Waals surface area contributed by atoms with Crippen LogP contribution < -0.4 is 13.9 Å². The van der Waals surface area contributed by atoms with Crippen LogP contribution >= 0.6 is 0 Å². The Morgan fingerprint density at radius 3 is 1.77 bits per heavy atom. The Balaban J connectivity index is 1.38. The van der Waals surface area contributed by atoms with Gasteiger partial charge in [-0.3, -0.25) is 19.7 Å². The Morgan fingerprint density at radius 1 is 0.771 bits per heavy atom. The molecule has 0 aliphatic heterocycles. The fourth-order valence-electron chi connectivity index (χ4n) is 3.59. The highest BCUT2D eigenvalue weighted by molar-refractivity contribution is 5.95. The summed E-state index contributed by atoms with van der Waals surface area (Å²) in [4.78, 5) is 35.3. The molecule has 0 atom stereocenters. The van der Waals surface area contributed by atoms with Gasteiger partial charge in [0.25, 0.3) is 5.69 Å². The van der Waals surface area contributed by atoms with Gasteiger partial charge in [0, 0.05) is 47.5 Å². The first-order valence-electron chi connectivity index (χ1n) is 10.9. The lowest BCUT2D eigenvalue weighted by Gasteiger charge is -2.03. The fraction of sp³-hybridized carbons (Fsp3) is 0.111. The minimum absolute atomic E-state index is 0.0138. The molecule has 2 heterocycles. The number of carbonyl (C=O) groups is 2. The third kappa shape index (κ3) is 5.80. The predicted octanol–water partition coefficient (Wildman–Crippen LogP) is 3.61. The van der Waals surface area contributed by atoms with Crippen LogP contribution in [0.1, 0.15) is 20.7 Å². The van der Waals surface area contributed by atoms with E-state index < -0.39 is 4.92 Å². The highest BCUT2D eigenvalue weighted by Crippen LogP contribution is 2.17. The van der Waals surface area contributed by atoms with Crippen molar-refractivity contribution in [3.63, 3.8) is 0 Å². The molecule has 0 aliphatic rings. The van der Waals surface area contributed by atoms with Crippen molar-refractivity contribution in [2.45, 2.75) is 13.1 Å². The maximum Gasteiger partial charge on any atom is 0.269 e. The van der Waals surface area contributed by atoms with E-state index in [2.05, 4.69) is 0 Å². The lowest BCUT2D eigenvalue weighted by Crippen LogP contribution is -2.37. The van der Waals surface area contributed by atoms with Crippen molar-refractivity contribution in [2.75, 3.05) is 7.11 Å². The first-order chi connectivity index (χ1) is 16.9. The van der Waals surface area contributed by atoms with Crippen molar-refractivity contribution < 1.29 is 28.4 Å². The number of pyridine rings is 2. The van der Waals surface area contributed by atoms with E-state index in [-0.39, 0.29) is 30.3 Å². The summed E-state index contributed by atoms with van der Waals surface area (Å²) in [5.41, 5.74) is 2.91. The highest BCUT2D eigenvalue weighted by atomic mass is 16.6. The summed E-state index contributed by atoms with van der Waals surface area (Å²) in [6, 6.07) is 20.3. The summed E-state index contributed by atoms with van der Waals surface area (Å²) in [5.74, 6) is 0.492. The second-order valence-electron chi connectivity index (χ2n) is 7.90. The number of benzene rings is 2. The summed E-state index contributed by atoms with van der Waals surface area (Å²) >= 11 is 0. The van der Waals surface area contributed by atoms with E-state index in [1.165, 1.54) is 24.3 Å². The molecule has 0 amide bonds. The molecule has 0 fully saturated rings. The van der Waals surface area contributed by atoms with Crippen LogP contribution in [0.2, 0.25) is 0 Å². The lowest BCUT2D eigenvalue weighted by molar-refractivity contribution is -0.683. The van der Waals surface area contributed by atoms with Crippen molar-refractivity contribution in [3.05, 3.63) is 119 Å². The van der Waals surface area contributed by atoms with Gasteiger partial charge in [-0.15, -0.1) is 0 Å². The molecule has 0 radical (unpaired) electrons. The van der Waals surface area contributed by atoms with Crippen LogP contribution in [0, 0.1) is 10.1 Å². The molecule has 2 aromatic heterocycles. The molecule has 0 aliphatic carbocycles. The maximum atomic E-state index is 12.6.